The molecule has 3 aromatic rings. The van der Waals surface area contributed by atoms with Gasteiger partial charge in [-0.1, -0.05) is 41.9 Å². The maximum Gasteiger partial charge on any atom is 0.379 e. The van der Waals surface area contributed by atoms with E-state index in [9.17, 15) is 9.59 Å². The highest BCUT2D eigenvalue weighted by molar-refractivity contribution is 6.43. The molecule has 0 N–H and O–H groups in total. The van der Waals surface area contributed by atoms with Crippen molar-refractivity contribution >= 4 is 34.3 Å². The lowest BCUT2D eigenvalue weighted by atomic mass is 9.98. The van der Waals surface area contributed by atoms with Crippen molar-refractivity contribution in [2.45, 2.75) is 32.0 Å². The van der Waals surface area contributed by atoms with Crippen molar-refractivity contribution < 1.29 is 14.3 Å². The number of benzene rings is 2. The summed E-state index contributed by atoms with van der Waals surface area (Å²) in [6.07, 6.45) is 1.63. The van der Waals surface area contributed by atoms with Crippen LogP contribution in [0.4, 0.5) is 0 Å². The maximum atomic E-state index is 12.7. The highest BCUT2D eigenvalue weighted by Crippen LogP contribution is 2.34. The molecule has 29 heavy (non-hydrogen) atoms. The number of methoxy groups -OCH3 is 1. The first kappa shape index (κ1) is 19.7. The lowest BCUT2D eigenvalue weighted by Crippen LogP contribution is -2.38. The van der Waals surface area contributed by atoms with Crippen molar-refractivity contribution in [1.82, 2.24) is 9.47 Å². The molecule has 0 bridgehead atoms. The lowest BCUT2D eigenvalue weighted by Gasteiger charge is -2.33. The second kappa shape index (κ2) is 8.01. The molecule has 6 heteroatoms. The second-order valence-corrected chi connectivity index (χ2v) is 7.94. The summed E-state index contributed by atoms with van der Waals surface area (Å²) in [7, 11) is 3.36. The van der Waals surface area contributed by atoms with E-state index in [0.29, 0.717) is 28.4 Å². The van der Waals surface area contributed by atoms with Gasteiger partial charge >= 0.3 is 5.97 Å². The minimum Gasteiger partial charge on any atom is -0.463 e. The Morgan fingerprint density at radius 1 is 1.21 bits per heavy atom. The number of ketones is 1. The number of fused-ring (bicyclic) bond motifs is 3. The second-order valence-electron chi connectivity index (χ2n) is 7.51. The van der Waals surface area contributed by atoms with E-state index in [1.54, 1.807) is 6.07 Å². The molecule has 0 fully saturated rings. The van der Waals surface area contributed by atoms with Gasteiger partial charge in [0.1, 0.15) is 0 Å². The minimum atomic E-state index is -0.844. The van der Waals surface area contributed by atoms with Crippen LogP contribution in [-0.4, -0.2) is 41.4 Å². The lowest BCUT2D eigenvalue weighted by molar-refractivity contribution is -0.135. The SMILES string of the molecule is COC(=O)C(=O)c1c2n(c3ccc(Cl)cc13)CC(N(C)Cc1ccccc1)CC2. The Balaban J connectivity index is 1.70. The summed E-state index contributed by atoms with van der Waals surface area (Å²) >= 11 is 6.20. The van der Waals surface area contributed by atoms with Crippen LogP contribution in [0, 0.1) is 0 Å². The van der Waals surface area contributed by atoms with Gasteiger partial charge < -0.3 is 9.30 Å². The number of carbonyl (C=O) groups is 2. The maximum absolute atomic E-state index is 12.7. The molecule has 1 aliphatic heterocycles. The highest BCUT2D eigenvalue weighted by atomic mass is 35.5. The first-order valence-electron chi connectivity index (χ1n) is 9.67. The Morgan fingerprint density at radius 2 is 1.97 bits per heavy atom. The van der Waals surface area contributed by atoms with Gasteiger partial charge in [-0.15, -0.1) is 0 Å². The van der Waals surface area contributed by atoms with Crippen molar-refractivity contribution in [3.63, 3.8) is 0 Å². The van der Waals surface area contributed by atoms with Crippen LogP contribution in [0.15, 0.2) is 48.5 Å². The predicted octanol–water partition coefficient (Wildman–Crippen LogP) is 4.10. The smallest absolute Gasteiger partial charge is 0.379 e. The summed E-state index contributed by atoms with van der Waals surface area (Å²) in [6, 6.07) is 16.2. The highest BCUT2D eigenvalue weighted by Gasteiger charge is 2.32. The van der Waals surface area contributed by atoms with E-state index >= 15 is 0 Å². The fourth-order valence-electron chi connectivity index (χ4n) is 4.26. The van der Waals surface area contributed by atoms with Crippen LogP contribution < -0.4 is 0 Å². The Kier molecular flexibility index (Phi) is 5.43. The fourth-order valence-corrected chi connectivity index (χ4v) is 4.43. The number of likely N-dealkylation sites (N-methyl/N-ethyl adjacent to an activating group) is 1. The predicted molar refractivity (Wildman–Crippen MR) is 113 cm³/mol. The summed E-state index contributed by atoms with van der Waals surface area (Å²) in [5.41, 5.74) is 3.52. The molecule has 0 aliphatic carbocycles. The third-order valence-corrected chi connectivity index (χ3v) is 5.97. The first-order chi connectivity index (χ1) is 14.0. The number of hydrogen-bond donors (Lipinski definition) is 0. The number of hydrogen-bond acceptors (Lipinski definition) is 4. The van der Waals surface area contributed by atoms with Gasteiger partial charge in [0.25, 0.3) is 5.78 Å². The van der Waals surface area contributed by atoms with Crippen LogP contribution >= 0.6 is 11.6 Å². The van der Waals surface area contributed by atoms with E-state index in [1.807, 2.05) is 18.2 Å². The largest absolute Gasteiger partial charge is 0.463 e. The quantitative estimate of drug-likeness (QED) is 0.361. The van der Waals surface area contributed by atoms with Gasteiger partial charge in [0, 0.05) is 40.8 Å². The van der Waals surface area contributed by atoms with E-state index in [0.717, 1.165) is 30.7 Å². The number of nitrogens with zero attached hydrogens (tertiary/aromatic N) is 2. The molecule has 1 aliphatic rings. The first-order valence-corrected chi connectivity index (χ1v) is 10.0. The van der Waals surface area contributed by atoms with Crippen molar-refractivity contribution in [3.8, 4) is 0 Å². The van der Waals surface area contributed by atoms with Gasteiger partial charge in [0.05, 0.1) is 12.7 Å². The summed E-state index contributed by atoms with van der Waals surface area (Å²) < 4.78 is 6.86. The summed E-state index contributed by atoms with van der Waals surface area (Å²) in [4.78, 5) is 27.1. The van der Waals surface area contributed by atoms with Crippen molar-refractivity contribution in [3.05, 3.63) is 70.4 Å². The third-order valence-electron chi connectivity index (χ3n) is 5.74. The zero-order chi connectivity index (χ0) is 20.5. The topological polar surface area (TPSA) is 51.5 Å². The Morgan fingerprint density at radius 3 is 2.69 bits per heavy atom. The molecule has 0 spiro atoms. The van der Waals surface area contributed by atoms with Gasteiger partial charge in [-0.2, -0.15) is 0 Å². The zero-order valence-corrected chi connectivity index (χ0v) is 17.3. The van der Waals surface area contributed by atoms with E-state index in [2.05, 4.69) is 40.8 Å². The van der Waals surface area contributed by atoms with E-state index in [4.69, 9.17) is 16.3 Å². The van der Waals surface area contributed by atoms with Gasteiger partial charge in [-0.05, 0) is 43.7 Å². The molecule has 0 saturated carbocycles. The third kappa shape index (κ3) is 3.68. The molecule has 0 radical (unpaired) electrons. The molecule has 2 aromatic carbocycles. The molecule has 1 atom stereocenters. The zero-order valence-electron chi connectivity index (χ0n) is 16.5. The van der Waals surface area contributed by atoms with Crippen LogP contribution in [0.3, 0.4) is 0 Å². The molecule has 1 unspecified atom stereocenters. The van der Waals surface area contributed by atoms with Crippen molar-refractivity contribution in [2.24, 2.45) is 0 Å². The number of halogens is 1. The Hall–Kier alpha value is -2.63. The summed E-state index contributed by atoms with van der Waals surface area (Å²) in [5, 5.41) is 1.26. The van der Waals surface area contributed by atoms with Crippen LogP contribution in [-0.2, 0) is 29.0 Å². The summed E-state index contributed by atoms with van der Waals surface area (Å²) in [5.74, 6) is -1.45. The Bertz CT molecular complexity index is 1070. The molecular formula is C23H23ClN2O3. The van der Waals surface area contributed by atoms with Gasteiger partial charge in [-0.25, -0.2) is 4.79 Å². The molecule has 0 amide bonds. The monoisotopic (exact) mass is 410 g/mol. The number of carbonyl (C=O) groups excluding carboxylic acids is 2. The standard InChI is InChI=1S/C23H23ClN2O3/c1-25(13-15-6-4-3-5-7-15)17-9-11-20-21(22(27)23(28)29-2)18-12-16(24)8-10-19(18)26(20)14-17/h3-8,10,12,17H,9,11,13-14H2,1-2H3. The van der Waals surface area contributed by atoms with Crippen molar-refractivity contribution in [1.29, 1.82) is 0 Å². The minimum absolute atomic E-state index is 0.329. The molecule has 0 saturated heterocycles. The molecular weight excluding hydrogens is 388 g/mol. The van der Waals surface area contributed by atoms with Crippen molar-refractivity contribution in [2.75, 3.05) is 14.2 Å². The van der Waals surface area contributed by atoms with E-state index in [1.165, 1.54) is 12.7 Å². The van der Waals surface area contributed by atoms with Crippen LogP contribution in [0.5, 0.6) is 0 Å². The molecule has 2 heterocycles. The normalized spacial score (nSPS) is 16.1. The summed E-state index contributed by atoms with van der Waals surface area (Å²) in [6.45, 7) is 1.62. The van der Waals surface area contributed by atoms with E-state index < -0.39 is 11.8 Å². The molecule has 5 nitrogen and oxygen atoms in total. The van der Waals surface area contributed by atoms with Gasteiger partial charge in [0.2, 0.25) is 0 Å². The fraction of sp³-hybridized carbons (Fsp3) is 0.304. The van der Waals surface area contributed by atoms with Crippen LogP contribution in [0.25, 0.3) is 10.9 Å². The molecule has 4 rings (SSSR count). The Labute approximate surface area is 174 Å². The molecule has 1 aromatic heterocycles. The van der Waals surface area contributed by atoms with Gasteiger partial charge in [-0.3, -0.25) is 9.69 Å². The van der Waals surface area contributed by atoms with Crippen LogP contribution in [0.1, 0.15) is 28.0 Å². The van der Waals surface area contributed by atoms with Crippen LogP contribution in [0.2, 0.25) is 5.02 Å². The molecule has 150 valence electrons. The van der Waals surface area contributed by atoms with E-state index in [-0.39, 0.29) is 0 Å². The number of ether oxygens (including phenoxy) is 1. The number of Topliss-reactive ketones (excluding diaryl/α,β-unsaturated/α-hetero) is 1. The average Bonchev–Trinajstić information content (AvgIpc) is 3.05. The average molecular weight is 411 g/mol. The number of aromatic nitrogens is 1. The number of esters is 1. The number of rotatable bonds is 5. The van der Waals surface area contributed by atoms with Gasteiger partial charge in [0.15, 0.2) is 0 Å².